The van der Waals surface area contributed by atoms with Crippen LogP contribution in [0, 0.1) is 13.8 Å². The summed E-state index contributed by atoms with van der Waals surface area (Å²) in [6.07, 6.45) is -4.73. The van der Waals surface area contributed by atoms with Gasteiger partial charge in [-0.1, -0.05) is 28.1 Å². The van der Waals surface area contributed by atoms with Gasteiger partial charge in [-0.3, -0.25) is 19.1 Å². The Morgan fingerprint density at radius 3 is 2.36 bits per heavy atom. The normalized spacial score (nSPS) is 11.4. The molecule has 39 heavy (non-hydrogen) atoms. The van der Waals surface area contributed by atoms with E-state index in [-0.39, 0.29) is 23.0 Å². The molecule has 4 rings (SSSR count). The summed E-state index contributed by atoms with van der Waals surface area (Å²) < 4.78 is 42.7. The smallest absolute Gasteiger partial charge is 0.368 e. The molecule has 2 aromatic heterocycles. The van der Waals surface area contributed by atoms with Crippen LogP contribution >= 0.6 is 15.9 Å². The van der Waals surface area contributed by atoms with Crippen LogP contribution in [0.25, 0.3) is 10.9 Å². The lowest BCUT2D eigenvalue weighted by molar-refractivity contribution is -0.141. The first-order valence-electron chi connectivity index (χ1n) is 11.5. The highest BCUT2D eigenvalue weighted by atomic mass is 79.9. The van der Waals surface area contributed by atoms with Gasteiger partial charge in [0.1, 0.15) is 5.69 Å². The van der Waals surface area contributed by atoms with E-state index >= 15 is 0 Å². The number of primary amides is 1. The number of rotatable bonds is 7. The van der Waals surface area contributed by atoms with E-state index in [9.17, 15) is 27.6 Å². The molecule has 0 bridgehead atoms. The lowest BCUT2D eigenvalue weighted by atomic mass is 10.1. The van der Waals surface area contributed by atoms with Crippen LogP contribution in [0.15, 0.2) is 53.0 Å². The van der Waals surface area contributed by atoms with E-state index in [1.54, 1.807) is 54.9 Å². The Hall–Kier alpha value is -4.26. The van der Waals surface area contributed by atoms with Crippen molar-refractivity contribution in [1.29, 1.82) is 0 Å². The van der Waals surface area contributed by atoms with Gasteiger partial charge < -0.3 is 16.4 Å². The average molecular weight is 603 g/mol. The average Bonchev–Trinajstić information content (AvgIpc) is 3.13. The fourth-order valence-electron chi connectivity index (χ4n) is 3.95. The molecule has 0 aliphatic heterocycles. The van der Waals surface area contributed by atoms with E-state index in [1.807, 2.05) is 0 Å². The summed E-state index contributed by atoms with van der Waals surface area (Å²) in [6.45, 7) is 3.43. The maximum atomic E-state index is 13.5. The molecule has 2 heterocycles. The first kappa shape index (κ1) is 27.8. The molecular formula is C26H22BrF3N6O3. The molecule has 0 radical (unpaired) electrons. The Labute approximate surface area is 228 Å². The molecule has 0 atom stereocenters. The minimum absolute atomic E-state index is 0.0362. The van der Waals surface area contributed by atoms with Crippen molar-refractivity contribution in [2.24, 2.45) is 5.73 Å². The molecule has 0 fully saturated rings. The van der Waals surface area contributed by atoms with Crippen LogP contribution in [-0.2, 0) is 17.5 Å². The summed E-state index contributed by atoms with van der Waals surface area (Å²) in [6, 6.07) is 11.8. The van der Waals surface area contributed by atoms with Crippen molar-refractivity contribution in [3.8, 4) is 0 Å². The molecule has 13 heteroatoms. The van der Waals surface area contributed by atoms with E-state index in [1.165, 1.54) is 6.07 Å². The zero-order valence-electron chi connectivity index (χ0n) is 20.7. The predicted molar refractivity (Wildman–Crippen MR) is 141 cm³/mol. The van der Waals surface area contributed by atoms with Gasteiger partial charge >= 0.3 is 6.18 Å². The zero-order chi connectivity index (χ0) is 28.5. The Balaban J connectivity index is 1.58. The van der Waals surface area contributed by atoms with Gasteiger partial charge in [-0.2, -0.15) is 18.3 Å². The number of halogens is 4. The number of hydrogen-bond donors (Lipinski definition) is 3. The number of hydrogen-bond acceptors (Lipinski definition) is 5. The number of aromatic nitrogens is 3. The number of carbonyl (C=O) groups is 3. The molecule has 2 aromatic carbocycles. The summed E-state index contributed by atoms with van der Waals surface area (Å²) in [4.78, 5) is 39.9. The molecule has 202 valence electrons. The van der Waals surface area contributed by atoms with Gasteiger partial charge in [-0.15, -0.1) is 0 Å². The highest BCUT2D eigenvalue weighted by Crippen LogP contribution is 2.32. The van der Waals surface area contributed by atoms with E-state index in [0.29, 0.717) is 33.7 Å². The Morgan fingerprint density at radius 2 is 1.72 bits per heavy atom. The summed E-state index contributed by atoms with van der Waals surface area (Å²) >= 11 is 3.29. The second-order valence-electron chi connectivity index (χ2n) is 8.72. The van der Waals surface area contributed by atoms with E-state index in [2.05, 4.69) is 36.6 Å². The maximum absolute atomic E-state index is 13.5. The fourth-order valence-corrected chi connectivity index (χ4v) is 4.31. The monoisotopic (exact) mass is 602 g/mol. The summed E-state index contributed by atoms with van der Waals surface area (Å²) in [7, 11) is 0. The molecule has 9 nitrogen and oxygen atoms in total. The summed E-state index contributed by atoms with van der Waals surface area (Å²) in [5.74, 6) is -1.83. The molecule has 4 aromatic rings. The molecule has 4 N–H and O–H groups in total. The number of benzene rings is 2. The molecular weight excluding hydrogens is 581 g/mol. The lowest BCUT2D eigenvalue weighted by Crippen LogP contribution is -2.33. The van der Waals surface area contributed by atoms with Crippen LogP contribution in [0.5, 0.6) is 0 Å². The minimum Gasteiger partial charge on any atom is -0.368 e. The Kier molecular flexibility index (Phi) is 7.72. The molecule has 0 unspecified atom stereocenters. The van der Waals surface area contributed by atoms with E-state index in [0.717, 1.165) is 11.6 Å². The van der Waals surface area contributed by atoms with Gasteiger partial charge in [0, 0.05) is 15.4 Å². The number of nitrogens with two attached hydrogens (primary N) is 1. The van der Waals surface area contributed by atoms with Crippen LogP contribution in [0.4, 0.5) is 18.9 Å². The quantitative estimate of drug-likeness (QED) is 0.289. The number of anilines is 1. The van der Waals surface area contributed by atoms with E-state index in [4.69, 9.17) is 5.73 Å². The topological polar surface area (TPSA) is 132 Å². The number of nitrogens with one attached hydrogen (secondary N) is 2. The van der Waals surface area contributed by atoms with Gasteiger partial charge in [0.05, 0.1) is 41.2 Å². The standard InChI is InChI=1S/C26H22BrF3N6O3/c1-13-23(14(2)36(35-13)12-15-3-5-16(6-4-15)24(38)32-11-22(31)37)34-25(39)19-10-21(26(28,29)30)33-20-8-7-17(27)9-18(19)20/h3-10H,11-12H2,1-2H3,(H2,31,37)(H,32,38)(H,34,39). The Bertz CT molecular complexity index is 1600. The second-order valence-corrected chi connectivity index (χ2v) is 9.63. The van der Waals surface area contributed by atoms with Crippen molar-refractivity contribution in [3.05, 3.63) is 86.8 Å². The number of pyridine rings is 1. The second kappa shape index (κ2) is 10.8. The van der Waals surface area contributed by atoms with Gasteiger partial charge in [-0.25, -0.2) is 4.98 Å². The Morgan fingerprint density at radius 1 is 1.03 bits per heavy atom. The maximum Gasteiger partial charge on any atom is 0.433 e. The molecule has 0 aliphatic rings. The molecule has 3 amide bonds. The van der Waals surface area contributed by atoms with Crippen molar-refractivity contribution in [2.45, 2.75) is 26.6 Å². The third-order valence-corrected chi connectivity index (χ3v) is 6.39. The number of alkyl halides is 3. The van der Waals surface area contributed by atoms with Crippen LogP contribution in [0.1, 0.15) is 43.4 Å². The third-order valence-electron chi connectivity index (χ3n) is 5.90. The van der Waals surface area contributed by atoms with Crippen molar-refractivity contribution in [3.63, 3.8) is 0 Å². The van der Waals surface area contributed by atoms with E-state index < -0.39 is 29.6 Å². The van der Waals surface area contributed by atoms with Crippen LogP contribution in [0.2, 0.25) is 0 Å². The minimum atomic E-state index is -4.73. The number of fused-ring (bicyclic) bond motifs is 1. The molecule has 0 aliphatic carbocycles. The first-order chi connectivity index (χ1) is 18.3. The van der Waals surface area contributed by atoms with Gasteiger partial charge in [0.2, 0.25) is 5.91 Å². The SMILES string of the molecule is Cc1nn(Cc2ccc(C(=O)NCC(N)=O)cc2)c(C)c1NC(=O)c1cc(C(F)(F)F)nc2ccc(Br)cc12. The van der Waals surface area contributed by atoms with Crippen LogP contribution < -0.4 is 16.4 Å². The van der Waals surface area contributed by atoms with Crippen molar-refractivity contribution in [1.82, 2.24) is 20.1 Å². The van der Waals surface area contributed by atoms with Crippen molar-refractivity contribution < 1.29 is 27.6 Å². The largest absolute Gasteiger partial charge is 0.433 e. The number of aryl methyl sites for hydroxylation is 1. The fraction of sp³-hybridized carbons (Fsp3) is 0.192. The van der Waals surface area contributed by atoms with Gasteiger partial charge in [0.25, 0.3) is 11.8 Å². The lowest BCUT2D eigenvalue weighted by Gasteiger charge is -2.13. The molecule has 0 spiro atoms. The molecule has 0 saturated carbocycles. The number of amides is 3. The highest BCUT2D eigenvalue weighted by molar-refractivity contribution is 9.10. The van der Waals surface area contributed by atoms with Crippen molar-refractivity contribution >= 4 is 50.2 Å². The van der Waals surface area contributed by atoms with Crippen LogP contribution in [0.3, 0.4) is 0 Å². The molecule has 0 saturated heterocycles. The first-order valence-corrected chi connectivity index (χ1v) is 12.3. The summed E-state index contributed by atoms with van der Waals surface area (Å²) in [5.41, 5.74) is 6.29. The summed E-state index contributed by atoms with van der Waals surface area (Å²) in [5, 5.41) is 9.84. The highest BCUT2D eigenvalue weighted by Gasteiger charge is 2.34. The number of nitrogens with zero attached hydrogens (tertiary/aromatic N) is 3. The van der Waals surface area contributed by atoms with Gasteiger partial charge in [0.15, 0.2) is 0 Å². The van der Waals surface area contributed by atoms with Crippen LogP contribution in [-0.4, -0.2) is 39.0 Å². The number of carbonyl (C=O) groups excluding carboxylic acids is 3. The predicted octanol–water partition coefficient (Wildman–Crippen LogP) is 4.35. The van der Waals surface area contributed by atoms with Crippen molar-refractivity contribution in [2.75, 3.05) is 11.9 Å². The third kappa shape index (κ3) is 6.25. The zero-order valence-corrected chi connectivity index (χ0v) is 22.3. The van der Waals surface area contributed by atoms with Gasteiger partial charge in [-0.05, 0) is 55.8 Å².